The van der Waals surface area contributed by atoms with Crippen molar-refractivity contribution < 1.29 is 0 Å². The van der Waals surface area contributed by atoms with Crippen molar-refractivity contribution in [2.45, 2.75) is 18.4 Å². The molecule has 0 aromatic carbocycles. The van der Waals surface area contributed by atoms with Crippen molar-refractivity contribution in [1.82, 2.24) is 4.90 Å². The number of rotatable bonds is 2. The molecule has 0 spiro atoms. The van der Waals surface area contributed by atoms with Gasteiger partial charge in [-0.2, -0.15) is 0 Å². The fourth-order valence-corrected chi connectivity index (χ4v) is 1.41. The minimum absolute atomic E-state index is 0.200. The maximum atomic E-state index is 5.96. The lowest BCUT2D eigenvalue weighted by Gasteiger charge is -2.18. The second-order valence-corrected chi connectivity index (χ2v) is 3.53. The number of nitrogens with two attached hydrogens (primary N) is 1. The summed E-state index contributed by atoms with van der Waals surface area (Å²) in [5.41, 5.74) is 6.16. The molecule has 0 atom stereocenters. The summed E-state index contributed by atoms with van der Waals surface area (Å²) < 4.78 is 0. The molecule has 0 bridgehead atoms. The number of nitrogens with zero attached hydrogens (tertiary/aromatic N) is 1. The van der Waals surface area contributed by atoms with Crippen LogP contribution >= 0.6 is 0 Å². The van der Waals surface area contributed by atoms with Gasteiger partial charge in [-0.3, -0.25) is 4.90 Å². The first kappa shape index (κ1) is 6.38. The predicted molar refractivity (Wildman–Crippen MR) is 41.7 cm³/mol. The summed E-state index contributed by atoms with van der Waals surface area (Å²) in [6.45, 7) is 3.32. The zero-order valence-electron chi connectivity index (χ0n) is 6.21. The highest BCUT2D eigenvalue weighted by Gasteiger charge is 2.39. The molecule has 0 saturated heterocycles. The molecule has 2 nitrogen and oxygen atoms in total. The van der Waals surface area contributed by atoms with Crippen molar-refractivity contribution in [2.24, 2.45) is 5.73 Å². The van der Waals surface area contributed by atoms with Crippen molar-refractivity contribution >= 4 is 0 Å². The number of hydrogen-bond acceptors (Lipinski definition) is 2. The Hall–Kier alpha value is -0.340. The molecule has 1 heterocycles. The molecule has 0 amide bonds. The number of hydrogen-bond donors (Lipinski definition) is 1. The Morgan fingerprint density at radius 3 is 2.40 bits per heavy atom. The molecule has 1 fully saturated rings. The first-order valence-electron chi connectivity index (χ1n) is 3.95. The third kappa shape index (κ3) is 1.22. The zero-order chi connectivity index (χ0) is 7.03. The molecule has 2 rings (SSSR count). The van der Waals surface area contributed by atoms with Crippen molar-refractivity contribution in [3.8, 4) is 0 Å². The summed E-state index contributed by atoms with van der Waals surface area (Å²) >= 11 is 0. The van der Waals surface area contributed by atoms with E-state index in [2.05, 4.69) is 17.1 Å². The topological polar surface area (TPSA) is 29.3 Å². The highest BCUT2D eigenvalue weighted by molar-refractivity contribution is 5.05. The van der Waals surface area contributed by atoms with Crippen LogP contribution in [0, 0.1) is 0 Å². The van der Waals surface area contributed by atoms with E-state index < -0.39 is 0 Å². The molecule has 0 radical (unpaired) electrons. The van der Waals surface area contributed by atoms with Gasteiger partial charge < -0.3 is 5.73 Å². The molecule has 56 valence electrons. The fraction of sp³-hybridized carbons (Fsp3) is 0.750. The largest absolute Gasteiger partial charge is 0.324 e. The highest BCUT2D eigenvalue weighted by Crippen LogP contribution is 2.33. The highest BCUT2D eigenvalue weighted by atomic mass is 15.2. The second kappa shape index (κ2) is 2.07. The first-order chi connectivity index (χ1) is 4.79. The lowest BCUT2D eigenvalue weighted by atomic mass is 10.3. The van der Waals surface area contributed by atoms with Crippen molar-refractivity contribution in [3.63, 3.8) is 0 Å². The van der Waals surface area contributed by atoms with Gasteiger partial charge in [0.1, 0.15) is 0 Å². The Balaban J connectivity index is 1.80. The summed E-state index contributed by atoms with van der Waals surface area (Å²) in [4.78, 5) is 2.40. The van der Waals surface area contributed by atoms with Gasteiger partial charge in [0.05, 0.1) is 0 Å². The second-order valence-electron chi connectivity index (χ2n) is 3.53. The Labute approximate surface area is 61.7 Å². The molecule has 1 aliphatic heterocycles. The van der Waals surface area contributed by atoms with Gasteiger partial charge in [-0.15, -0.1) is 0 Å². The van der Waals surface area contributed by atoms with Gasteiger partial charge in [-0.25, -0.2) is 0 Å². The Morgan fingerprint density at radius 2 is 1.90 bits per heavy atom. The van der Waals surface area contributed by atoms with Gasteiger partial charge >= 0.3 is 0 Å². The van der Waals surface area contributed by atoms with Crippen LogP contribution in [-0.2, 0) is 0 Å². The van der Waals surface area contributed by atoms with E-state index in [-0.39, 0.29) is 5.54 Å². The molecule has 10 heavy (non-hydrogen) atoms. The summed E-state index contributed by atoms with van der Waals surface area (Å²) in [6, 6.07) is 0. The molecule has 2 heteroatoms. The smallest absolute Gasteiger partial charge is 0.0285 e. The van der Waals surface area contributed by atoms with E-state index >= 15 is 0 Å². The lowest BCUT2D eigenvalue weighted by Crippen LogP contribution is -2.37. The maximum Gasteiger partial charge on any atom is 0.0285 e. The van der Waals surface area contributed by atoms with Gasteiger partial charge in [-0.1, -0.05) is 12.2 Å². The molecule has 2 N–H and O–H groups in total. The van der Waals surface area contributed by atoms with Crippen molar-refractivity contribution in [2.75, 3.05) is 19.6 Å². The van der Waals surface area contributed by atoms with Gasteiger partial charge in [0.25, 0.3) is 0 Å². The SMILES string of the molecule is NC1(CN2CC=CC2)CC1. The minimum Gasteiger partial charge on any atom is -0.324 e. The summed E-state index contributed by atoms with van der Waals surface area (Å²) in [5, 5.41) is 0. The third-order valence-electron chi connectivity index (χ3n) is 2.32. The predicted octanol–water partition coefficient (Wildman–Crippen LogP) is 0.349. The van der Waals surface area contributed by atoms with E-state index in [0.29, 0.717) is 0 Å². The van der Waals surface area contributed by atoms with E-state index in [1.54, 1.807) is 0 Å². The van der Waals surface area contributed by atoms with Crippen LogP contribution < -0.4 is 5.73 Å². The quantitative estimate of drug-likeness (QED) is 0.558. The van der Waals surface area contributed by atoms with E-state index in [1.165, 1.54) is 12.8 Å². The van der Waals surface area contributed by atoms with Gasteiger partial charge in [0.2, 0.25) is 0 Å². The molecule has 0 unspecified atom stereocenters. The van der Waals surface area contributed by atoms with E-state index in [0.717, 1.165) is 19.6 Å². The molecule has 1 saturated carbocycles. The molecular weight excluding hydrogens is 124 g/mol. The monoisotopic (exact) mass is 138 g/mol. The van der Waals surface area contributed by atoms with Crippen LogP contribution in [0.2, 0.25) is 0 Å². The molecular formula is C8H14N2. The Kier molecular flexibility index (Phi) is 1.32. The minimum atomic E-state index is 0.200. The van der Waals surface area contributed by atoms with Gasteiger partial charge in [0.15, 0.2) is 0 Å². The Bertz CT molecular complexity index is 151. The van der Waals surface area contributed by atoms with Crippen LogP contribution in [0.4, 0.5) is 0 Å². The van der Waals surface area contributed by atoms with Crippen LogP contribution in [0.15, 0.2) is 12.2 Å². The van der Waals surface area contributed by atoms with Crippen LogP contribution in [0.25, 0.3) is 0 Å². The van der Waals surface area contributed by atoms with Crippen LogP contribution in [0.1, 0.15) is 12.8 Å². The lowest BCUT2D eigenvalue weighted by molar-refractivity contribution is 0.317. The molecule has 0 aromatic rings. The Morgan fingerprint density at radius 1 is 1.30 bits per heavy atom. The van der Waals surface area contributed by atoms with Gasteiger partial charge in [0, 0.05) is 25.2 Å². The van der Waals surface area contributed by atoms with Crippen LogP contribution in [-0.4, -0.2) is 30.1 Å². The standard InChI is InChI=1S/C8H14N2/c9-8(3-4-8)7-10-5-1-2-6-10/h1-2H,3-7,9H2. The average molecular weight is 138 g/mol. The van der Waals surface area contributed by atoms with Crippen LogP contribution in [0.5, 0.6) is 0 Å². The average Bonchev–Trinajstić information content (AvgIpc) is 2.47. The fourth-order valence-electron chi connectivity index (χ4n) is 1.41. The summed E-state index contributed by atoms with van der Waals surface area (Å²) in [5.74, 6) is 0. The molecule has 1 aliphatic carbocycles. The molecule has 0 aromatic heterocycles. The van der Waals surface area contributed by atoms with Crippen molar-refractivity contribution in [1.29, 1.82) is 0 Å². The van der Waals surface area contributed by atoms with Crippen LogP contribution in [0.3, 0.4) is 0 Å². The third-order valence-corrected chi connectivity index (χ3v) is 2.32. The maximum absolute atomic E-state index is 5.96. The van der Waals surface area contributed by atoms with E-state index in [9.17, 15) is 0 Å². The normalized spacial score (nSPS) is 29.3. The van der Waals surface area contributed by atoms with E-state index in [4.69, 9.17) is 5.73 Å². The van der Waals surface area contributed by atoms with E-state index in [1.807, 2.05) is 0 Å². The zero-order valence-corrected chi connectivity index (χ0v) is 6.21. The van der Waals surface area contributed by atoms with Gasteiger partial charge in [-0.05, 0) is 12.8 Å². The summed E-state index contributed by atoms with van der Waals surface area (Å²) in [7, 11) is 0. The summed E-state index contributed by atoms with van der Waals surface area (Å²) in [6.07, 6.45) is 6.88. The molecule has 2 aliphatic rings. The van der Waals surface area contributed by atoms with Crippen molar-refractivity contribution in [3.05, 3.63) is 12.2 Å². The first-order valence-corrected chi connectivity index (χ1v) is 3.95.